The van der Waals surface area contributed by atoms with E-state index in [9.17, 15) is 0 Å². The molecule has 0 heterocycles. The predicted molar refractivity (Wildman–Crippen MR) is 82.9 cm³/mol. The first-order chi connectivity index (χ1) is 9.01. The molecule has 0 aliphatic heterocycles. The molecular weight excluding hydrogens is 234 g/mol. The van der Waals surface area contributed by atoms with Crippen molar-refractivity contribution in [3.05, 3.63) is 28.8 Å². The molecule has 2 heteroatoms. The van der Waals surface area contributed by atoms with Crippen molar-refractivity contribution in [3.8, 4) is 5.75 Å². The average molecular weight is 263 g/mol. The SMILES string of the molecule is CCCCOc1cc(C)c(C(N)CC)cc1C(C)C. The van der Waals surface area contributed by atoms with Gasteiger partial charge in [-0.1, -0.05) is 40.2 Å². The predicted octanol–water partition coefficient (Wildman–Crippen LogP) is 4.71. The first-order valence-corrected chi connectivity index (χ1v) is 7.54. The van der Waals surface area contributed by atoms with Crippen LogP contribution in [0.15, 0.2) is 12.1 Å². The molecule has 1 aromatic carbocycles. The normalized spacial score (nSPS) is 12.8. The fourth-order valence-corrected chi connectivity index (χ4v) is 2.24. The zero-order valence-corrected chi connectivity index (χ0v) is 13.1. The Morgan fingerprint density at radius 1 is 1.16 bits per heavy atom. The van der Waals surface area contributed by atoms with Gasteiger partial charge >= 0.3 is 0 Å². The van der Waals surface area contributed by atoms with Crippen molar-refractivity contribution < 1.29 is 4.74 Å². The van der Waals surface area contributed by atoms with Gasteiger partial charge in [0.2, 0.25) is 0 Å². The van der Waals surface area contributed by atoms with Crippen molar-refractivity contribution in [1.82, 2.24) is 0 Å². The Hall–Kier alpha value is -1.02. The van der Waals surface area contributed by atoms with Crippen LogP contribution in [0.3, 0.4) is 0 Å². The first-order valence-electron chi connectivity index (χ1n) is 7.54. The largest absolute Gasteiger partial charge is 0.493 e. The molecule has 2 nitrogen and oxygen atoms in total. The molecule has 0 fully saturated rings. The van der Waals surface area contributed by atoms with Gasteiger partial charge in [0, 0.05) is 6.04 Å². The zero-order valence-electron chi connectivity index (χ0n) is 13.1. The lowest BCUT2D eigenvalue weighted by atomic mass is 9.92. The summed E-state index contributed by atoms with van der Waals surface area (Å²) in [4.78, 5) is 0. The second-order valence-corrected chi connectivity index (χ2v) is 5.62. The summed E-state index contributed by atoms with van der Waals surface area (Å²) < 4.78 is 5.95. The summed E-state index contributed by atoms with van der Waals surface area (Å²) in [5, 5.41) is 0. The molecule has 0 bridgehead atoms. The van der Waals surface area contributed by atoms with E-state index < -0.39 is 0 Å². The maximum absolute atomic E-state index is 6.20. The van der Waals surface area contributed by atoms with E-state index in [0.717, 1.165) is 31.6 Å². The summed E-state index contributed by atoms with van der Waals surface area (Å²) in [5.41, 5.74) is 9.97. The van der Waals surface area contributed by atoms with Crippen LogP contribution in [-0.4, -0.2) is 6.61 Å². The molecule has 1 rings (SSSR count). The highest BCUT2D eigenvalue weighted by molar-refractivity contribution is 5.45. The van der Waals surface area contributed by atoms with Gasteiger partial charge in [0.05, 0.1) is 6.61 Å². The van der Waals surface area contributed by atoms with Gasteiger partial charge in [-0.15, -0.1) is 0 Å². The van der Waals surface area contributed by atoms with Gasteiger partial charge in [-0.25, -0.2) is 0 Å². The molecule has 0 radical (unpaired) electrons. The smallest absolute Gasteiger partial charge is 0.123 e. The van der Waals surface area contributed by atoms with Gasteiger partial charge in [0.15, 0.2) is 0 Å². The highest BCUT2D eigenvalue weighted by Crippen LogP contribution is 2.32. The summed E-state index contributed by atoms with van der Waals surface area (Å²) in [5.74, 6) is 1.49. The van der Waals surface area contributed by atoms with Crippen molar-refractivity contribution in [1.29, 1.82) is 0 Å². The Bertz CT molecular complexity index is 398. The quantitative estimate of drug-likeness (QED) is 0.723. The van der Waals surface area contributed by atoms with Crippen LogP contribution in [0.4, 0.5) is 0 Å². The number of hydrogen-bond donors (Lipinski definition) is 1. The molecule has 0 amide bonds. The maximum atomic E-state index is 6.20. The van der Waals surface area contributed by atoms with Crippen LogP contribution in [0, 0.1) is 6.92 Å². The van der Waals surface area contributed by atoms with Crippen LogP contribution in [0.5, 0.6) is 5.75 Å². The van der Waals surface area contributed by atoms with Crippen molar-refractivity contribution >= 4 is 0 Å². The fraction of sp³-hybridized carbons (Fsp3) is 0.647. The van der Waals surface area contributed by atoms with E-state index in [1.54, 1.807) is 0 Å². The molecular formula is C17H29NO. The number of ether oxygens (including phenoxy) is 1. The molecule has 1 aromatic rings. The van der Waals surface area contributed by atoms with Crippen LogP contribution in [-0.2, 0) is 0 Å². The number of nitrogens with two attached hydrogens (primary N) is 1. The molecule has 0 aromatic heterocycles. The molecule has 2 N–H and O–H groups in total. The highest BCUT2D eigenvalue weighted by atomic mass is 16.5. The lowest BCUT2D eigenvalue weighted by Gasteiger charge is -2.20. The van der Waals surface area contributed by atoms with Gasteiger partial charge in [0.25, 0.3) is 0 Å². The zero-order chi connectivity index (χ0) is 14.4. The molecule has 0 aliphatic rings. The van der Waals surface area contributed by atoms with Gasteiger partial charge in [-0.2, -0.15) is 0 Å². The Labute approximate surface area is 118 Å². The fourth-order valence-electron chi connectivity index (χ4n) is 2.24. The lowest BCUT2D eigenvalue weighted by Crippen LogP contribution is -2.12. The molecule has 108 valence electrons. The molecule has 1 unspecified atom stereocenters. The number of hydrogen-bond acceptors (Lipinski definition) is 2. The first kappa shape index (κ1) is 16.0. The van der Waals surface area contributed by atoms with Crippen LogP contribution in [0.1, 0.15) is 75.6 Å². The van der Waals surface area contributed by atoms with Crippen LogP contribution in [0.25, 0.3) is 0 Å². The van der Waals surface area contributed by atoms with Crippen molar-refractivity contribution in [3.63, 3.8) is 0 Å². The average Bonchev–Trinajstić information content (AvgIpc) is 2.38. The highest BCUT2D eigenvalue weighted by Gasteiger charge is 2.14. The third kappa shape index (κ3) is 4.24. The number of rotatable bonds is 7. The summed E-state index contributed by atoms with van der Waals surface area (Å²) in [7, 11) is 0. The van der Waals surface area contributed by atoms with Crippen molar-refractivity contribution in [2.45, 2.75) is 65.8 Å². The Morgan fingerprint density at radius 3 is 2.37 bits per heavy atom. The minimum absolute atomic E-state index is 0.127. The van der Waals surface area contributed by atoms with E-state index in [0.29, 0.717) is 5.92 Å². The standard InChI is InChI=1S/C17H29NO/c1-6-8-9-19-17-10-13(5)15(16(18)7-2)11-14(17)12(3)4/h10-12,16H,6-9,18H2,1-5H3. The van der Waals surface area contributed by atoms with Gasteiger partial charge in [-0.05, 0) is 48.4 Å². The lowest BCUT2D eigenvalue weighted by molar-refractivity contribution is 0.305. The Kier molecular flexibility index (Phi) is 6.36. The molecule has 19 heavy (non-hydrogen) atoms. The third-order valence-electron chi connectivity index (χ3n) is 3.62. The van der Waals surface area contributed by atoms with Gasteiger partial charge < -0.3 is 10.5 Å². The molecule has 1 atom stereocenters. The summed E-state index contributed by atoms with van der Waals surface area (Å²) in [6.45, 7) is 11.7. The number of aryl methyl sites for hydroxylation is 1. The van der Waals surface area contributed by atoms with Gasteiger partial charge in [0.1, 0.15) is 5.75 Å². The second kappa shape index (κ2) is 7.54. The molecule has 0 spiro atoms. The molecule has 0 aliphatic carbocycles. The Balaban J connectivity index is 3.06. The van der Waals surface area contributed by atoms with Crippen LogP contribution >= 0.6 is 0 Å². The van der Waals surface area contributed by atoms with Gasteiger partial charge in [-0.3, -0.25) is 0 Å². The third-order valence-corrected chi connectivity index (χ3v) is 3.62. The second-order valence-electron chi connectivity index (χ2n) is 5.62. The van der Waals surface area contributed by atoms with E-state index in [1.807, 2.05) is 0 Å². The van der Waals surface area contributed by atoms with E-state index in [1.165, 1.54) is 16.7 Å². The monoisotopic (exact) mass is 263 g/mol. The van der Waals surface area contributed by atoms with Crippen molar-refractivity contribution in [2.75, 3.05) is 6.61 Å². The molecule has 0 saturated carbocycles. The minimum Gasteiger partial charge on any atom is -0.493 e. The summed E-state index contributed by atoms with van der Waals surface area (Å²) >= 11 is 0. The number of benzene rings is 1. The Morgan fingerprint density at radius 2 is 1.84 bits per heavy atom. The number of unbranched alkanes of at least 4 members (excludes halogenated alkanes) is 1. The minimum atomic E-state index is 0.127. The molecule has 0 saturated heterocycles. The van der Waals surface area contributed by atoms with E-state index in [2.05, 4.69) is 46.8 Å². The summed E-state index contributed by atoms with van der Waals surface area (Å²) in [6, 6.07) is 4.54. The van der Waals surface area contributed by atoms with Crippen LogP contribution < -0.4 is 10.5 Å². The van der Waals surface area contributed by atoms with E-state index in [4.69, 9.17) is 10.5 Å². The van der Waals surface area contributed by atoms with E-state index >= 15 is 0 Å². The van der Waals surface area contributed by atoms with Crippen molar-refractivity contribution in [2.24, 2.45) is 5.73 Å². The summed E-state index contributed by atoms with van der Waals surface area (Å²) in [6.07, 6.45) is 3.23. The van der Waals surface area contributed by atoms with E-state index in [-0.39, 0.29) is 6.04 Å². The maximum Gasteiger partial charge on any atom is 0.123 e. The topological polar surface area (TPSA) is 35.2 Å². The van der Waals surface area contributed by atoms with Crippen LogP contribution in [0.2, 0.25) is 0 Å².